The zero-order valence-corrected chi connectivity index (χ0v) is 18.7. The van der Waals surface area contributed by atoms with E-state index in [1.54, 1.807) is 40.9 Å². The van der Waals surface area contributed by atoms with Gasteiger partial charge in [-0.05, 0) is 66.1 Å². The number of nitrogens with one attached hydrogen (secondary N) is 1. The van der Waals surface area contributed by atoms with Crippen LogP contribution in [0.2, 0.25) is 0 Å². The maximum Gasteiger partial charge on any atom is 0.291 e. The van der Waals surface area contributed by atoms with Crippen LogP contribution in [-0.2, 0) is 13.0 Å². The highest BCUT2D eigenvalue weighted by atomic mass is 32.1. The van der Waals surface area contributed by atoms with Gasteiger partial charge in [0, 0.05) is 27.5 Å². The summed E-state index contributed by atoms with van der Waals surface area (Å²) in [6.45, 7) is 3.08. The minimum absolute atomic E-state index is 0.0570. The fourth-order valence-electron chi connectivity index (χ4n) is 3.21. The molecule has 0 saturated carbocycles. The van der Waals surface area contributed by atoms with Crippen molar-refractivity contribution in [2.24, 2.45) is 0 Å². The number of benzene rings is 1. The Morgan fingerprint density at radius 1 is 1.00 bits per heavy atom. The Morgan fingerprint density at radius 3 is 2.45 bits per heavy atom. The van der Waals surface area contributed by atoms with E-state index in [0.29, 0.717) is 24.3 Å². The van der Waals surface area contributed by atoms with E-state index in [4.69, 9.17) is 4.42 Å². The summed E-state index contributed by atoms with van der Waals surface area (Å²) in [6, 6.07) is 16.8. The topological polar surface area (TPSA) is 62.6 Å². The number of thiophene rings is 2. The van der Waals surface area contributed by atoms with Crippen LogP contribution in [0.4, 0.5) is 5.69 Å². The molecule has 1 aromatic carbocycles. The molecule has 0 aliphatic rings. The van der Waals surface area contributed by atoms with Crippen molar-refractivity contribution < 1.29 is 14.0 Å². The highest BCUT2D eigenvalue weighted by Gasteiger charge is 2.19. The molecule has 0 aliphatic heterocycles. The lowest BCUT2D eigenvalue weighted by molar-refractivity contribution is 0.0746. The molecule has 3 aromatic heterocycles. The van der Waals surface area contributed by atoms with Crippen molar-refractivity contribution >= 4 is 40.2 Å². The molecule has 0 aliphatic carbocycles. The van der Waals surface area contributed by atoms with Crippen molar-refractivity contribution in [2.75, 3.05) is 11.9 Å². The molecule has 4 aromatic rings. The van der Waals surface area contributed by atoms with E-state index in [0.717, 1.165) is 16.9 Å². The third-order valence-electron chi connectivity index (χ3n) is 4.90. The Morgan fingerprint density at radius 2 is 1.77 bits per heavy atom. The summed E-state index contributed by atoms with van der Waals surface area (Å²) in [7, 11) is 0. The van der Waals surface area contributed by atoms with Gasteiger partial charge < -0.3 is 14.6 Å². The number of anilines is 1. The lowest BCUT2D eigenvalue weighted by Crippen LogP contribution is -2.32. The standard InChI is InChI=1S/C24H22N2O3S2/c1-17-8-9-18(15-21(17)25-23(27)22-7-2-12-29-22)24(28)26(16-20-6-4-14-31-20)11-10-19-5-3-13-30-19/h2-9,12-15H,10-11,16H2,1H3,(H,25,27). The quantitative estimate of drug-likeness (QED) is 0.366. The molecule has 3 heterocycles. The van der Waals surface area contributed by atoms with Crippen molar-refractivity contribution in [3.63, 3.8) is 0 Å². The fraction of sp³-hybridized carbons (Fsp3) is 0.167. The largest absolute Gasteiger partial charge is 0.459 e. The molecule has 0 bridgehead atoms. The number of furan rings is 1. The van der Waals surface area contributed by atoms with Gasteiger partial charge in [0.1, 0.15) is 0 Å². The second-order valence-electron chi connectivity index (χ2n) is 7.10. The normalized spacial score (nSPS) is 10.7. The first kappa shape index (κ1) is 21.1. The molecular formula is C24H22N2O3S2. The molecular weight excluding hydrogens is 428 g/mol. The van der Waals surface area contributed by atoms with Crippen molar-refractivity contribution in [3.8, 4) is 0 Å². The third-order valence-corrected chi connectivity index (χ3v) is 6.70. The molecule has 31 heavy (non-hydrogen) atoms. The third kappa shape index (κ3) is 5.31. The first-order valence-corrected chi connectivity index (χ1v) is 11.7. The summed E-state index contributed by atoms with van der Waals surface area (Å²) in [5.74, 6) is -0.171. The first-order valence-electron chi connectivity index (χ1n) is 9.89. The van der Waals surface area contributed by atoms with E-state index in [1.807, 2.05) is 47.5 Å². The predicted molar refractivity (Wildman–Crippen MR) is 125 cm³/mol. The summed E-state index contributed by atoms with van der Waals surface area (Å²) in [6.07, 6.45) is 2.26. The van der Waals surface area contributed by atoms with Gasteiger partial charge in [-0.3, -0.25) is 9.59 Å². The van der Waals surface area contributed by atoms with Gasteiger partial charge in [0.05, 0.1) is 12.8 Å². The molecule has 5 nitrogen and oxygen atoms in total. The van der Waals surface area contributed by atoms with Gasteiger partial charge in [-0.25, -0.2) is 0 Å². The summed E-state index contributed by atoms with van der Waals surface area (Å²) in [4.78, 5) is 30.1. The Kier molecular flexibility index (Phi) is 6.64. The molecule has 2 amide bonds. The van der Waals surface area contributed by atoms with Crippen molar-refractivity contribution in [1.29, 1.82) is 0 Å². The molecule has 0 saturated heterocycles. The van der Waals surface area contributed by atoms with Crippen molar-refractivity contribution in [1.82, 2.24) is 4.90 Å². The van der Waals surface area contributed by atoms with E-state index < -0.39 is 0 Å². The highest BCUT2D eigenvalue weighted by Crippen LogP contribution is 2.22. The van der Waals surface area contributed by atoms with Crippen LogP contribution in [0.3, 0.4) is 0 Å². The summed E-state index contributed by atoms with van der Waals surface area (Å²) in [5, 5.41) is 6.92. The number of amides is 2. The lowest BCUT2D eigenvalue weighted by Gasteiger charge is -2.23. The van der Waals surface area contributed by atoms with Crippen LogP contribution >= 0.6 is 22.7 Å². The molecule has 158 valence electrons. The Balaban J connectivity index is 1.54. The maximum absolute atomic E-state index is 13.4. The van der Waals surface area contributed by atoms with Crippen LogP contribution < -0.4 is 5.32 Å². The van der Waals surface area contributed by atoms with E-state index in [2.05, 4.69) is 16.8 Å². The van der Waals surface area contributed by atoms with Crippen LogP contribution in [0, 0.1) is 6.92 Å². The number of aryl methyl sites for hydroxylation is 1. The molecule has 0 spiro atoms. The Labute approximate surface area is 189 Å². The van der Waals surface area contributed by atoms with Crippen LogP contribution in [0.15, 0.2) is 76.0 Å². The SMILES string of the molecule is Cc1ccc(C(=O)N(CCc2cccs2)Cc2cccs2)cc1NC(=O)c1ccco1. The second kappa shape index (κ2) is 9.76. The Bertz CT molecular complexity index is 1130. The van der Waals surface area contributed by atoms with E-state index >= 15 is 0 Å². The van der Waals surface area contributed by atoms with Gasteiger partial charge in [0.2, 0.25) is 0 Å². The molecule has 1 N–H and O–H groups in total. The average molecular weight is 451 g/mol. The van der Waals surface area contributed by atoms with Crippen LogP contribution in [0.1, 0.15) is 36.2 Å². The van der Waals surface area contributed by atoms with Crippen LogP contribution in [0.25, 0.3) is 0 Å². The average Bonchev–Trinajstić information content (AvgIpc) is 3.56. The van der Waals surface area contributed by atoms with Crippen LogP contribution in [0.5, 0.6) is 0 Å². The summed E-state index contributed by atoms with van der Waals surface area (Å²) in [5.41, 5.74) is 2.02. The van der Waals surface area contributed by atoms with E-state index in [9.17, 15) is 9.59 Å². The number of rotatable bonds is 8. The van der Waals surface area contributed by atoms with E-state index in [-0.39, 0.29) is 17.6 Å². The minimum atomic E-state index is -0.342. The smallest absolute Gasteiger partial charge is 0.291 e. The monoisotopic (exact) mass is 450 g/mol. The number of hydrogen-bond donors (Lipinski definition) is 1. The van der Waals surface area contributed by atoms with Gasteiger partial charge in [-0.1, -0.05) is 18.2 Å². The van der Waals surface area contributed by atoms with E-state index in [1.165, 1.54) is 11.1 Å². The van der Waals surface area contributed by atoms with Gasteiger partial charge in [-0.2, -0.15) is 0 Å². The second-order valence-corrected chi connectivity index (χ2v) is 9.16. The maximum atomic E-state index is 13.4. The van der Waals surface area contributed by atoms with Crippen LogP contribution in [-0.4, -0.2) is 23.3 Å². The number of carbonyl (C=O) groups is 2. The molecule has 4 rings (SSSR count). The van der Waals surface area contributed by atoms with Gasteiger partial charge in [0.25, 0.3) is 11.8 Å². The first-order chi connectivity index (χ1) is 15.1. The predicted octanol–water partition coefficient (Wildman–Crippen LogP) is 5.85. The van der Waals surface area contributed by atoms with Crippen molar-refractivity contribution in [3.05, 3.63) is 98.3 Å². The fourth-order valence-corrected chi connectivity index (χ4v) is 4.62. The number of carbonyl (C=O) groups excluding carboxylic acids is 2. The summed E-state index contributed by atoms with van der Waals surface area (Å²) < 4.78 is 5.16. The van der Waals surface area contributed by atoms with Gasteiger partial charge >= 0.3 is 0 Å². The molecule has 0 radical (unpaired) electrons. The minimum Gasteiger partial charge on any atom is -0.459 e. The van der Waals surface area contributed by atoms with Crippen molar-refractivity contribution in [2.45, 2.75) is 19.9 Å². The summed E-state index contributed by atoms with van der Waals surface area (Å²) >= 11 is 3.34. The zero-order chi connectivity index (χ0) is 21.6. The number of nitrogens with zero attached hydrogens (tertiary/aromatic N) is 1. The molecule has 7 heteroatoms. The molecule has 0 fully saturated rings. The Hall–Kier alpha value is -3.16. The molecule has 0 atom stereocenters. The molecule has 0 unspecified atom stereocenters. The van der Waals surface area contributed by atoms with Gasteiger partial charge in [0.15, 0.2) is 5.76 Å². The lowest BCUT2D eigenvalue weighted by atomic mass is 10.1. The zero-order valence-electron chi connectivity index (χ0n) is 17.0. The highest BCUT2D eigenvalue weighted by molar-refractivity contribution is 7.10. The van der Waals surface area contributed by atoms with Gasteiger partial charge in [-0.15, -0.1) is 22.7 Å². The number of hydrogen-bond acceptors (Lipinski definition) is 5.